The fourth-order valence-corrected chi connectivity index (χ4v) is 3.80. The molecule has 39 heavy (non-hydrogen) atoms. The Morgan fingerprint density at radius 3 is 2.41 bits per heavy atom. The zero-order valence-electron chi connectivity index (χ0n) is 25.1. The Morgan fingerprint density at radius 2 is 1.85 bits per heavy atom. The Labute approximate surface area is 234 Å². The fourth-order valence-electron chi connectivity index (χ4n) is 3.80. The number of rotatable bonds is 9. The maximum Gasteiger partial charge on any atom is 0.317 e. The van der Waals surface area contributed by atoms with E-state index < -0.39 is 5.97 Å². The van der Waals surface area contributed by atoms with Gasteiger partial charge in [0.15, 0.2) is 5.82 Å². The van der Waals surface area contributed by atoms with Gasteiger partial charge < -0.3 is 20.4 Å². The molecule has 0 saturated carbocycles. The van der Waals surface area contributed by atoms with E-state index >= 15 is 0 Å². The maximum absolute atomic E-state index is 14.0. The van der Waals surface area contributed by atoms with E-state index in [0.29, 0.717) is 40.6 Å². The van der Waals surface area contributed by atoms with E-state index in [9.17, 15) is 14.3 Å². The predicted molar refractivity (Wildman–Crippen MR) is 163 cm³/mol. The average Bonchev–Trinajstić information content (AvgIpc) is 3.38. The van der Waals surface area contributed by atoms with Crippen LogP contribution in [0.1, 0.15) is 74.1 Å². The molecule has 1 atom stereocenters. The van der Waals surface area contributed by atoms with E-state index in [2.05, 4.69) is 42.6 Å². The van der Waals surface area contributed by atoms with Crippen molar-refractivity contribution in [1.82, 2.24) is 15.3 Å². The summed E-state index contributed by atoms with van der Waals surface area (Å²) in [5.41, 5.74) is 1.07. The van der Waals surface area contributed by atoms with Gasteiger partial charge in [-0.15, -0.1) is 0 Å². The van der Waals surface area contributed by atoms with Crippen LogP contribution in [0.4, 0.5) is 10.2 Å². The third kappa shape index (κ3) is 12.4. The highest BCUT2D eigenvalue weighted by Gasteiger charge is 2.26. The van der Waals surface area contributed by atoms with Crippen molar-refractivity contribution >= 4 is 28.3 Å². The van der Waals surface area contributed by atoms with Crippen molar-refractivity contribution in [3.05, 3.63) is 60.4 Å². The van der Waals surface area contributed by atoms with Gasteiger partial charge in [-0.3, -0.25) is 4.79 Å². The molecule has 218 valence electrons. The summed E-state index contributed by atoms with van der Waals surface area (Å²) in [4.78, 5) is 22.0. The summed E-state index contributed by atoms with van der Waals surface area (Å²) in [6.45, 7) is 22.0. The highest BCUT2D eigenvalue weighted by molar-refractivity contribution is 5.91. The Bertz CT molecular complexity index is 1080. The number of carboxylic acid groups (broad SMARTS) is 1. The number of allylic oxidation sites excluding steroid dienone is 4. The Hall–Kier alpha value is -3.26. The number of hydrogen-bond acceptors (Lipinski definition) is 6. The minimum atomic E-state index is -0.872. The number of carbonyl (C=O) groups is 1. The van der Waals surface area contributed by atoms with Gasteiger partial charge in [0.25, 0.3) is 0 Å². The number of nitrogens with zero attached hydrogens (tertiary/aromatic N) is 3. The first-order chi connectivity index (χ1) is 18.7. The standard InChI is InChI=1S/C23H27FN4O3.C4H10.2C2H6/c1-3-5-20(29)17(4-2)22-26-19-7-6-16(24)12-18(19)23(27-22)28-11-9-15(14-28)8-10-25-13-21(30)31;1-4(2)3;2*1-2/h3-7,12,15,25,29H,1,8-11,13-14H2,2H3,(H,30,31);4H,1-3H3;2*1-2H3/b17-4+,20-5+;;;. The highest BCUT2D eigenvalue weighted by Crippen LogP contribution is 2.32. The quantitative estimate of drug-likeness (QED) is 0.172. The molecule has 1 unspecified atom stereocenters. The van der Waals surface area contributed by atoms with Gasteiger partial charge in [0, 0.05) is 18.5 Å². The van der Waals surface area contributed by atoms with Gasteiger partial charge >= 0.3 is 5.97 Å². The lowest BCUT2D eigenvalue weighted by atomic mass is 10.1. The van der Waals surface area contributed by atoms with Gasteiger partial charge in [-0.05, 0) is 62.4 Å². The van der Waals surface area contributed by atoms with Crippen molar-refractivity contribution < 1.29 is 19.4 Å². The molecule has 0 bridgehead atoms. The monoisotopic (exact) mass is 544 g/mol. The zero-order chi connectivity index (χ0) is 30.0. The van der Waals surface area contributed by atoms with Crippen LogP contribution in [0.5, 0.6) is 0 Å². The van der Waals surface area contributed by atoms with Crippen molar-refractivity contribution in [1.29, 1.82) is 0 Å². The molecule has 7 nitrogen and oxygen atoms in total. The van der Waals surface area contributed by atoms with E-state index in [1.165, 1.54) is 24.3 Å². The minimum Gasteiger partial charge on any atom is -0.507 e. The van der Waals surface area contributed by atoms with Crippen LogP contribution < -0.4 is 10.2 Å². The molecular weight excluding hydrogens is 495 g/mol. The van der Waals surface area contributed by atoms with Crippen molar-refractivity contribution in [2.75, 3.05) is 31.1 Å². The molecule has 1 aromatic carbocycles. The lowest BCUT2D eigenvalue weighted by Gasteiger charge is -2.21. The molecule has 1 saturated heterocycles. The normalized spacial score (nSPS) is 15.0. The average molecular weight is 545 g/mol. The van der Waals surface area contributed by atoms with Crippen LogP contribution in [0.2, 0.25) is 0 Å². The number of aliphatic hydroxyl groups is 1. The second-order valence-electron chi connectivity index (χ2n) is 9.21. The molecule has 3 N–H and O–H groups in total. The highest BCUT2D eigenvalue weighted by atomic mass is 19.1. The number of aliphatic carboxylic acids is 1. The molecule has 1 aliphatic rings. The molecule has 3 rings (SSSR count). The van der Waals surface area contributed by atoms with Crippen LogP contribution in [0.25, 0.3) is 16.5 Å². The van der Waals surface area contributed by atoms with Gasteiger partial charge in [0.05, 0.1) is 17.6 Å². The molecule has 8 heteroatoms. The first-order valence-electron chi connectivity index (χ1n) is 14.0. The van der Waals surface area contributed by atoms with Crippen LogP contribution in [0.15, 0.2) is 48.8 Å². The summed E-state index contributed by atoms with van der Waals surface area (Å²) in [5.74, 6) is 0.972. The molecule has 2 aromatic rings. The first kappa shape index (κ1) is 35.7. The van der Waals surface area contributed by atoms with Gasteiger partial charge in [-0.1, -0.05) is 67.2 Å². The third-order valence-electron chi connectivity index (χ3n) is 5.31. The summed E-state index contributed by atoms with van der Waals surface area (Å²) in [5, 5.41) is 22.6. The Morgan fingerprint density at radius 1 is 1.21 bits per heavy atom. The molecule has 0 spiro atoms. The molecule has 1 aromatic heterocycles. The van der Waals surface area contributed by atoms with Crippen molar-refractivity contribution in [2.24, 2.45) is 11.8 Å². The molecule has 0 aliphatic carbocycles. The van der Waals surface area contributed by atoms with E-state index in [-0.39, 0.29) is 18.1 Å². The van der Waals surface area contributed by atoms with Crippen LogP contribution in [0.3, 0.4) is 0 Å². The summed E-state index contributed by atoms with van der Waals surface area (Å²) in [6, 6.07) is 4.41. The number of halogens is 1. The summed E-state index contributed by atoms with van der Waals surface area (Å²) in [6.07, 6.45) is 6.47. The number of hydrogen-bond donors (Lipinski definition) is 3. The number of nitrogens with one attached hydrogen (secondary N) is 1. The second kappa shape index (κ2) is 19.8. The molecule has 0 radical (unpaired) electrons. The number of fused-ring (bicyclic) bond motifs is 1. The first-order valence-corrected chi connectivity index (χ1v) is 14.0. The van der Waals surface area contributed by atoms with Crippen LogP contribution >= 0.6 is 0 Å². The number of benzene rings is 1. The lowest BCUT2D eigenvalue weighted by Crippen LogP contribution is -2.26. The van der Waals surface area contributed by atoms with Crippen molar-refractivity contribution in [3.8, 4) is 0 Å². The molecule has 1 aliphatic heterocycles. The molecule has 1 fully saturated rings. The number of aromatic nitrogens is 2. The predicted octanol–water partition coefficient (Wildman–Crippen LogP) is 7.41. The largest absolute Gasteiger partial charge is 0.507 e. The topological polar surface area (TPSA) is 98.6 Å². The fraction of sp³-hybridized carbons (Fsp3) is 0.516. The van der Waals surface area contributed by atoms with Crippen LogP contribution in [-0.2, 0) is 4.79 Å². The Balaban J connectivity index is 0.00000162. The number of aliphatic hydroxyl groups excluding tert-OH is 1. The SMILES string of the molecule is C=C/C=C(O)\C(=C/C)c1nc(N2CCC(CCNCC(=O)O)C2)c2cc(F)ccc2n1.CC.CC.CC(C)C. The smallest absolute Gasteiger partial charge is 0.317 e. The van der Waals surface area contributed by atoms with Gasteiger partial charge in [0.2, 0.25) is 0 Å². The number of anilines is 1. The maximum atomic E-state index is 14.0. The zero-order valence-corrected chi connectivity index (χ0v) is 25.1. The van der Waals surface area contributed by atoms with E-state index in [1.807, 2.05) is 27.7 Å². The third-order valence-corrected chi connectivity index (χ3v) is 5.31. The molecule has 0 amide bonds. The molecular formula is C31H49FN4O3. The Kier molecular flexibility index (Phi) is 18.1. The minimum absolute atomic E-state index is 0.00807. The van der Waals surface area contributed by atoms with E-state index in [1.54, 1.807) is 19.1 Å². The van der Waals surface area contributed by atoms with Crippen molar-refractivity contribution in [2.45, 2.75) is 68.2 Å². The van der Waals surface area contributed by atoms with E-state index in [4.69, 9.17) is 10.1 Å². The van der Waals surface area contributed by atoms with Gasteiger partial charge in [-0.25, -0.2) is 14.4 Å². The summed E-state index contributed by atoms with van der Waals surface area (Å²) >= 11 is 0. The summed E-state index contributed by atoms with van der Waals surface area (Å²) < 4.78 is 14.0. The molecule has 2 heterocycles. The van der Waals surface area contributed by atoms with Gasteiger partial charge in [0.1, 0.15) is 17.4 Å². The lowest BCUT2D eigenvalue weighted by molar-refractivity contribution is -0.135. The van der Waals surface area contributed by atoms with Gasteiger partial charge in [-0.2, -0.15) is 0 Å². The van der Waals surface area contributed by atoms with Crippen LogP contribution in [-0.4, -0.2) is 52.3 Å². The van der Waals surface area contributed by atoms with Crippen molar-refractivity contribution in [3.63, 3.8) is 0 Å². The second-order valence-corrected chi connectivity index (χ2v) is 9.21. The summed E-state index contributed by atoms with van der Waals surface area (Å²) in [7, 11) is 0. The number of carboxylic acids is 1. The van der Waals surface area contributed by atoms with E-state index in [0.717, 1.165) is 31.8 Å². The van der Waals surface area contributed by atoms with Crippen LogP contribution in [0, 0.1) is 17.7 Å².